The number of hydrogen-bond acceptors (Lipinski definition) is 6. The molecule has 3 N–H and O–H groups in total. The molecule has 1 aromatic heterocycles. The van der Waals surface area contributed by atoms with Gasteiger partial charge in [-0.3, -0.25) is 19.7 Å². The summed E-state index contributed by atoms with van der Waals surface area (Å²) >= 11 is 0. The molecule has 0 radical (unpaired) electrons. The lowest BCUT2D eigenvalue weighted by Crippen LogP contribution is -2.52. The van der Waals surface area contributed by atoms with E-state index in [-0.39, 0.29) is 42.5 Å². The van der Waals surface area contributed by atoms with Gasteiger partial charge in [0.2, 0.25) is 11.8 Å². The summed E-state index contributed by atoms with van der Waals surface area (Å²) in [5, 5.41) is 13.6. The monoisotopic (exact) mass is 410 g/mol. The molecule has 150 valence electrons. The number of hydrogen-bond donors (Lipinski definition) is 3. The fourth-order valence-corrected chi connectivity index (χ4v) is 2.85. The minimum atomic E-state index is -1.15. The topological polar surface area (TPSA) is 140 Å². The van der Waals surface area contributed by atoms with E-state index >= 15 is 0 Å². The molecule has 2 aromatic rings. The van der Waals surface area contributed by atoms with Gasteiger partial charge in [-0.25, -0.2) is 9.78 Å². The average molecular weight is 411 g/mol. The SMILES string of the molecule is Cc1nc2c(C(=O)NC3CCC(=O)NC3=O)cc(OCC(=O)O)cc2n1C.Cl. The maximum Gasteiger partial charge on any atom is 0.341 e. The number of rotatable bonds is 5. The van der Waals surface area contributed by atoms with Crippen LogP contribution in [0.3, 0.4) is 0 Å². The molecule has 3 amide bonds. The summed E-state index contributed by atoms with van der Waals surface area (Å²) in [7, 11) is 1.76. The van der Waals surface area contributed by atoms with E-state index in [1.54, 1.807) is 24.6 Å². The van der Waals surface area contributed by atoms with Crippen molar-refractivity contribution in [1.82, 2.24) is 20.2 Å². The number of piperidine rings is 1. The predicted molar refractivity (Wildman–Crippen MR) is 99.5 cm³/mol. The summed E-state index contributed by atoms with van der Waals surface area (Å²) in [6.45, 7) is 1.20. The number of imide groups is 1. The van der Waals surface area contributed by atoms with E-state index in [2.05, 4.69) is 15.6 Å². The van der Waals surface area contributed by atoms with Gasteiger partial charge in [0.1, 0.15) is 23.1 Å². The molecule has 0 aliphatic carbocycles. The van der Waals surface area contributed by atoms with Crippen LogP contribution in [0.2, 0.25) is 0 Å². The predicted octanol–water partition coefficient (Wildman–Crippen LogP) is 0.302. The van der Waals surface area contributed by atoms with E-state index in [1.807, 2.05) is 0 Å². The lowest BCUT2D eigenvalue weighted by atomic mass is 10.0. The van der Waals surface area contributed by atoms with Crippen molar-refractivity contribution in [2.24, 2.45) is 7.05 Å². The first-order valence-electron chi connectivity index (χ1n) is 8.22. The third-order valence-electron chi connectivity index (χ3n) is 4.34. The second-order valence-electron chi connectivity index (χ2n) is 6.22. The molecule has 10 nitrogen and oxygen atoms in total. The Balaban J connectivity index is 0.00000280. The van der Waals surface area contributed by atoms with Crippen LogP contribution in [-0.4, -0.2) is 51.0 Å². The quantitative estimate of drug-likeness (QED) is 0.602. The first kappa shape index (κ1) is 21.2. The maximum atomic E-state index is 12.8. The number of carboxylic acid groups (broad SMARTS) is 1. The highest BCUT2D eigenvalue weighted by Gasteiger charge is 2.29. The van der Waals surface area contributed by atoms with Gasteiger partial charge >= 0.3 is 5.97 Å². The largest absolute Gasteiger partial charge is 0.482 e. The number of amides is 3. The number of carbonyl (C=O) groups excluding carboxylic acids is 3. The minimum absolute atomic E-state index is 0. The first-order chi connectivity index (χ1) is 12.8. The lowest BCUT2D eigenvalue weighted by Gasteiger charge is -2.22. The highest BCUT2D eigenvalue weighted by molar-refractivity contribution is 6.08. The summed E-state index contributed by atoms with van der Waals surface area (Å²) < 4.78 is 6.95. The van der Waals surface area contributed by atoms with E-state index in [0.29, 0.717) is 16.9 Å². The summed E-state index contributed by atoms with van der Waals surface area (Å²) in [5.74, 6) is -1.81. The second-order valence-corrected chi connectivity index (χ2v) is 6.22. The van der Waals surface area contributed by atoms with Crippen molar-refractivity contribution in [3.05, 3.63) is 23.5 Å². The molecule has 0 bridgehead atoms. The van der Waals surface area contributed by atoms with Gasteiger partial charge < -0.3 is 19.7 Å². The Hall–Kier alpha value is -3.14. The summed E-state index contributed by atoms with van der Waals surface area (Å²) in [6.07, 6.45) is 0.340. The van der Waals surface area contributed by atoms with Crippen molar-refractivity contribution in [2.75, 3.05) is 6.61 Å². The number of nitrogens with one attached hydrogen (secondary N) is 2. The number of aliphatic carboxylic acids is 1. The smallest absolute Gasteiger partial charge is 0.341 e. The molecule has 2 heterocycles. The molecule has 1 atom stereocenters. The van der Waals surface area contributed by atoms with Gasteiger partial charge in [0.15, 0.2) is 6.61 Å². The number of nitrogens with zero attached hydrogens (tertiary/aromatic N) is 2. The van der Waals surface area contributed by atoms with Gasteiger partial charge in [-0.05, 0) is 19.4 Å². The zero-order chi connectivity index (χ0) is 19.7. The van der Waals surface area contributed by atoms with Gasteiger partial charge in [0.25, 0.3) is 5.91 Å². The molecular weight excluding hydrogens is 392 g/mol. The number of fused-ring (bicyclic) bond motifs is 1. The normalized spacial score (nSPS) is 16.3. The molecule has 3 rings (SSSR count). The summed E-state index contributed by atoms with van der Waals surface area (Å²) in [5.41, 5.74) is 1.15. The Morgan fingerprint density at radius 3 is 2.75 bits per heavy atom. The number of aryl methyl sites for hydroxylation is 2. The Labute approximate surface area is 165 Å². The number of halogens is 1. The molecule has 11 heteroatoms. The number of benzene rings is 1. The van der Waals surface area contributed by atoms with Crippen LogP contribution in [0.4, 0.5) is 0 Å². The summed E-state index contributed by atoms with van der Waals surface area (Å²) in [4.78, 5) is 51.0. The van der Waals surface area contributed by atoms with E-state index in [1.165, 1.54) is 6.07 Å². The van der Waals surface area contributed by atoms with E-state index < -0.39 is 30.4 Å². The fourth-order valence-electron chi connectivity index (χ4n) is 2.85. The Morgan fingerprint density at radius 2 is 2.11 bits per heavy atom. The highest BCUT2D eigenvalue weighted by atomic mass is 35.5. The van der Waals surface area contributed by atoms with Gasteiger partial charge in [0.05, 0.1) is 11.1 Å². The fraction of sp³-hybridized carbons (Fsp3) is 0.353. The molecule has 1 aliphatic rings. The van der Waals surface area contributed by atoms with Crippen molar-refractivity contribution < 1.29 is 29.0 Å². The van der Waals surface area contributed by atoms with E-state index in [4.69, 9.17) is 9.84 Å². The van der Waals surface area contributed by atoms with E-state index in [9.17, 15) is 19.2 Å². The Bertz CT molecular complexity index is 970. The van der Waals surface area contributed by atoms with Crippen molar-refractivity contribution >= 4 is 47.1 Å². The van der Waals surface area contributed by atoms with Gasteiger partial charge in [-0.1, -0.05) is 0 Å². The molecule has 1 unspecified atom stereocenters. The number of imidazole rings is 1. The van der Waals surface area contributed by atoms with Crippen LogP contribution in [0.5, 0.6) is 5.75 Å². The Morgan fingerprint density at radius 1 is 1.39 bits per heavy atom. The lowest BCUT2D eigenvalue weighted by molar-refractivity contribution is -0.139. The van der Waals surface area contributed by atoms with Crippen molar-refractivity contribution in [1.29, 1.82) is 0 Å². The molecule has 0 spiro atoms. The van der Waals surface area contributed by atoms with Gasteiger partial charge in [-0.2, -0.15) is 0 Å². The molecular formula is C17H19ClN4O6. The third-order valence-corrected chi connectivity index (χ3v) is 4.34. The molecule has 0 saturated carbocycles. The van der Waals surface area contributed by atoms with Crippen molar-refractivity contribution in [2.45, 2.75) is 25.8 Å². The highest BCUT2D eigenvalue weighted by Crippen LogP contribution is 2.26. The van der Waals surface area contributed by atoms with Crippen LogP contribution >= 0.6 is 12.4 Å². The average Bonchev–Trinajstić information content (AvgIpc) is 2.89. The van der Waals surface area contributed by atoms with E-state index in [0.717, 1.165) is 0 Å². The zero-order valence-corrected chi connectivity index (χ0v) is 16.0. The van der Waals surface area contributed by atoms with Gasteiger partial charge in [-0.15, -0.1) is 12.4 Å². The number of aromatic nitrogens is 2. The molecule has 1 fully saturated rings. The minimum Gasteiger partial charge on any atom is -0.482 e. The number of ether oxygens (including phenoxy) is 1. The maximum absolute atomic E-state index is 12.8. The van der Waals surface area contributed by atoms with Crippen LogP contribution < -0.4 is 15.4 Å². The van der Waals surface area contributed by atoms with Crippen molar-refractivity contribution in [3.8, 4) is 5.75 Å². The first-order valence-corrected chi connectivity index (χ1v) is 8.22. The van der Waals surface area contributed by atoms with Crippen LogP contribution in [0, 0.1) is 6.92 Å². The van der Waals surface area contributed by atoms with Crippen LogP contribution in [0.25, 0.3) is 11.0 Å². The Kier molecular flexibility index (Phi) is 6.24. The molecule has 28 heavy (non-hydrogen) atoms. The molecule has 1 saturated heterocycles. The van der Waals surface area contributed by atoms with Crippen LogP contribution in [-0.2, 0) is 21.4 Å². The number of carboxylic acids is 1. The number of carbonyl (C=O) groups is 4. The van der Waals surface area contributed by atoms with Crippen molar-refractivity contribution in [3.63, 3.8) is 0 Å². The summed E-state index contributed by atoms with van der Waals surface area (Å²) in [6, 6.07) is 2.15. The molecule has 1 aliphatic heterocycles. The second kappa shape index (κ2) is 8.26. The third kappa shape index (κ3) is 4.22. The van der Waals surface area contributed by atoms with Crippen LogP contribution in [0.15, 0.2) is 12.1 Å². The van der Waals surface area contributed by atoms with Crippen LogP contribution in [0.1, 0.15) is 29.0 Å². The zero-order valence-electron chi connectivity index (χ0n) is 15.1. The van der Waals surface area contributed by atoms with Gasteiger partial charge in [0, 0.05) is 19.5 Å². The standard InChI is InChI=1S/C17H18N4O6.ClH/c1-8-18-15-10(16(25)19-11-3-4-13(22)20-17(11)26)5-9(27-7-14(23)24)6-12(15)21(8)2;/h5-6,11H,3-4,7H2,1-2H3,(H,19,25)(H,23,24)(H,20,22,26);1H. The molecule has 1 aromatic carbocycles.